The molecule has 3 rings (SSSR count). The van der Waals surface area contributed by atoms with Gasteiger partial charge < -0.3 is 0 Å². The van der Waals surface area contributed by atoms with Crippen molar-refractivity contribution in [2.45, 2.75) is 5.38 Å². The molecular weight excluding hydrogens is 235 g/mol. The van der Waals surface area contributed by atoms with E-state index in [4.69, 9.17) is 11.6 Å². The Balaban J connectivity index is 2.32. The standard InChI is InChI=1S/C15H10ClF/c16-15-11-6-2-1-5-10(11)9-14(17)12-7-3-4-8-13(12)15/h1-9,15H. The third-order valence-electron chi connectivity index (χ3n) is 3.04. The Hall–Kier alpha value is -1.60. The molecule has 17 heavy (non-hydrogen) atoms. The minimum atomic E-state index is -0.299. The lowest BCUT2D eigenvalue weighted by atomic mass is 9.99. The molecule has 0 bridgehead atoms. The number of hydrogen-bond donors (Lipinski definition) is 0. The topological polar surface area (TPSA) is 0 Å². The van der Waals surface area contributed by atoms with Gasteiger partial charge in [-0.3, -0.25) is 0 Å². The van der Waals surface area contributed by atoms with Gasteiger partial charge in [0.15, 0.2) is 0 Å². The van der Waals surface area contributed by atoms with Crippen LogP contribution in [0, 0.1) is 0 Å². The fourth-order valence-corrected chi connectivity index (χ4v) is 2.58. The number of alkyl halides is 1. The van der Waals surface area contributed by atoms with Crippen LogP contribution in [0.1, 0.15) is 27.6 Å². The minimum absolute atomic E-state index is 0.226. The predicted molar refractivity (Wildman–Crippen MR) is 69.6 cm³/mol. The van der Waals surface area contributed by atoms with Crippen molar-refractivity contribution >= 4 is 23.5 Å². The Kier molecular flexibility index (Phi) is 2.49. The lowest BCUT2D eigenvalue weighted by Gasteiger charge is -2.12. The van der Waals surface area contributed by atoms with E-state index in [0.717, 1.165) is 16.7 Å². The summed E-state index contributed by atoms with van der Waals surface area (Å²) in [7, 11) is 0. The highest BCUT2D eigenvalue weighted by Gasteiger charge is 2.22. The van der Waals surface area contributed by atoms with Gasteiger partial charge in [-0.05, 0) is 22.8 Å². The first kappa shape index (κ1) is 10.5. The van der Waals surface area contributed by atoms with Crippen LogP contribution in [-0.4, -0.2) is 0 Å². The number of rotatable bonds is 0. The SMILES string of the molecule is FC1=Cc2ccccc2C(Cl)c2ccccc21. The molecule has 0 aromatic heterocycles. The van der Waals surface area contributed by atoms with Gasteiger partial charge >= 0.3 is 0 Å². The second-order valence-electron chi connectivity index (χ2n) is 4.07. The molecule has 1 atom stereocenters. The zero-order valence-electron chi connectivity index (χ0n) is 9.03. The highest BCUT2D eigenvalue weighted by molar-refractivity contribution is 6.23. The first-order valence-corrected chi connectivity index (χ1v) is 5.90. The smallest absolute Gasteiger partial charge is 0.131 e. The van der Waals surface area contributed by atoms with Crippen LogP contribution in [0.3, 0.4) is 0 Å². The second kappa shape index (κ2) is 4.01. The summed E-state index contributed by atoms with van der Waals surface area (Å²) < 4.78 is 14.1. The van der Waals surface area contributed by atoms with Crippen molar-refractivity contribution in [3.05, 3.63) is 70.8 Å². The third-order valence-corrected chi connectivity index (χ3v) is 3.51. The summed E-state index contributed by atoms with van der Waals surface area (Å²) in [5.74, 6) is -0.226. The highest BCUT2D eigenvalue weighted by Crippen LogP contribution is 2.40. The Morgan fingerprint density at radius 3 is 2.35 bits per heavy atom. The van der Waals surface area contributed by atoms with E-state index in [1.165, 1.54) is 0 Å². The quantitative estimate of drug-likeness (QED) is 0.584. The number of benzene rings is 2. The third kappa shape index (κ3) is 1.67. The van der Waals surface area contributed by atoms with Gasteiger partial charge in [0.1, 0.15) is 5.83 Å². The molecule has 2 heteroatoms. The Morgan fingerprint density at radius 2 is 1.53 bits per heavy atom. The van der Waals surface area contributed by atoms with E-state index in [-0.39, 0.29) is 11.2 Å². The van der Waals surface area contributed by atoms with Crippen LogP contribution >= 0.6 is 11.6 Å². The van der Waals surface area contributed by atoms with Gasteiger partial charge in [0.25, 0.3) is 0 Å². The van der Waals surface area contributed by atoms with Crippen molar-refractivity contribution in [1.82, 2.24) is 0 Å². The van der Waals surface area contributed by atoms with Crippen LogP contribution in [-0.2, 0) is 0 Å². The zero-order valence-corrected chi connectivity index (χ0v) is 9.79. The summed E-state index contributed by atoms with van der Waals surface area (Å²) in [6, 6.07) is 15.0. The average molecular weight is 245 g/mol. The van der Waals surface area contributed by atoms with Crippen molar-refractivity contribution in [3.8, 4) is 0 Å². The first-order valence-electron chi connectivity index (χ1n) is 5.47. The van der Waals surface area contributed by atoms with E-state index < -0.39 is 0 Å². The van der Waals surface area contributed by atoms with E-state index in [2.05, 4.69) is 0 Å². The molecule has 0 N–H and O–H groups in total. The molecule has 1 aliphatic carbocycles. The zero-order chi connectivity index (χ0) is 11.8. The molecular formula is C15H10ClF. The lowest BCUT2D eigenvalue weighted by molar-refractivity contribution is 0.763. The second-order valence-corrected chi connectivity index (χ2v) is 4.51. The Bertz CT molecular complexity index is 601. The van der Waals surface area contributed by atoms with Gasteiger partial charge in [-0.2, -0.15) is 0 Å². The summed E-state index contributed by atoms with van der Waals surface area (Å²) in [6.45, 7) is 0. The Labute approximate surface area is 104 Å². The first-order chi connectivity index (χ1) is 8.27. The van der Waals surface area contributed by atoms with E-state index in [0.29, 0.717) is 5.56 Å². The molecule has 0 saturated carbocycles. The van der Waals surface area contributed by atoms with Gasteiger partial charge in [0, 0.05) is 5.56 Å². The molecule has 2 aromatic carbocycles. The molecule has 1 aliphatic rings. The number of hydrogen-bond acceptors (Lipinski definition) is 0. The lowest BCUT2D eigenvalue weighted by Crippen LogP contribution is -1.96. The van der Waals surface area contributed by atoms with Crippen molar-refractivity contribution in [2.75, 3.05) is 0 Å². The fraction of sp³-hybridized carbons (Fsp3) is 0.0667. The van der Waals surface area contributed by atoms with Crippen LogP contribution in [0.2, 0.25) is 0 Å². The minimum Gasteiger partial charge on any atom is -0.206 e. The van der Waals surface area contributed by atoms with Crippen molar-refractivity contribution < 1.29 is 4.39 Å². The maximum Gasteiger partial charge on any atom is 0.131 e. The van der Waals surface area contributed by atoms with E-state index >= 15 is 0 Å². The van der Waals surface area contributed by atoms with E-state index in [1.54, 1.807) is 12.1 Å². The summed E-state index contributed by atoms with van der Waals surface area (Å²) >= 11 is 6.45. The summed E-state index contributed by atoms with van der Waals surface area (Å²) in [4.78, 5) is 0. The van der Waals surface area contributed by atoms with Gasteiger partial charge in [-0.15, -0.1) is 11.6 Å². The van der Waals surface area contributed by atoms with E-state index in [1.807, 2.05) is 42.5 Å². The molecule has 0 aliphatic heterocycles. The molecule has 1 unspecified atom stereocenters. The molecule has 84 valence electrons. The van der Waals surface area contributed by atoms with Crippen molar-refractivity contribution in [1.29, 1.82) is 0 Å². The maximum atomic E-state index is 14.1. The molecule has 0 fully saturated rings. The van der Waals surface area contributed by atoms with Crippen LogP contribution < -0.4 is 0 Å². The monoisotopic (exact) mass is 244 g/mol. The van der Waals surface area contributed by atoms with Crippen molar-refractivity contribution in [3.63, 3.8) is 0 Å². The number of fused-ring (bicyclic) bond motifs is 2. The van der Waals surface area contributed by atoms with Gasteiger partial charge in [0.05, 0.1) is 5.38 Å². The molecule has 0 nitrogen and oxygen atoms in total. The van der Waals surface area contributed by atoms with Crippen molar-refractivity contribution in [2.24, 2.45) is 0 Å². The molecule has 0 amide bonds. The number of halogens is 2. The summed E-state index contributed by atoms with van der Waals surface area (Å²) in [6.07, 6.45) is 1.55. The molecule has 0 radical (unpaired) electrons. The largest absolute Gasteiger partial charge is 0.206 e. The van der Waals surface area contributed by atoms with Gasteiger partial charge in [-0.25, -0.2) is 4.39 Å². The fourth-order valence-electron chi connectivity index (χ4n) is 2.19. The van der Waals surface area contributed by atoms with Gasteiger partial charge in [0.2, 0.25) is 0 Å². The molecule has 0 heterocycles. The normalized spacial score (nSPS) is 17.8. The Morgan fingerprint density at radius 1 is 0.882 bits per heavy atom. The maximum absolute atomic E-state index is 14.1. The van der Waals surface area contributed by atoms with E-state index in [9.17, 15) is 4.39 Å². The summed E-state index contributed by atoms with van der Waals surface area (Å²) in [5.41, 5.74) is 3.21. The average Bonchev–Trinajstić information content (AvgIpc) is 2.48. The van der Waals surface area contributed by atoms with Gasteiger partial charge in [-0.1, -0.05) is 48.5 Å². The van der Waals surface area contributed by atoms with Crippen LogP contribution in [0.4, 0.5) is 4.39 Å². The molecule has 2 aromatic rings. The van der Waals surface area contributed by atoms with Crippen LogP contribution in [0.25, 0.3) is 11.9 Å². The predicted octanol–water partition coefficient (Wildman–Crippen LogP) is 4.80. The van der Waals surface area contributed by atoms with Crippen LogP contribution in [0.15, 0.2) is 48.5 Å². The molecule has 0 spiro atoms. The molecule has 0 saturated heterocycles. The van der Waals surface area contributed by atoms with Crippen LogP contribution in [0.5, 0.6) is 0 Å². The highest BCUT2D eigenvalue weighted by atomic mass is 35.5. The summed E-state index contributed by atoms with van der Waals surface area (Å²) in [5, 5.41) is -0.299.